The van der Waals surface area contributed by atoms with Gasteiger partial charge in [0, 0.05) is 60.3 Å². The fraction of sp³-hybridized carbons (Fsp3) is 0.381. The second-order valence-electron chi connectivity index (χ2n) is 7.05. The van der Waals surface area contributed by atoms with E-state index in [1.165, 1.54) is 0 Å². The van der Waals surface area contributed by atoms with Crippen LogP contribution in [-0.4, -0.2) is 34.0 Å². The van der Waals surface area contributed by atoms with E-state index < -0.39 is 0 Å². The molecule has 0 aliphatic rings. The maximum atomic E-state index is 13.1. The summed E-state index contributed by atoms with van der Waals surface area (Å²) >= 11 is 7.27. The number of carbonyl (C=O) groups excluding carboxylic acids is 1. The summed E-state index contributed by atoms with van der Waals surface area (Å²) in [7, 11) is 8.03. The van der Waals surface area contributed by atoms with Crippen molar-refractivity contribution in [1.29, 1.82) is 0 Å². The summed E-state index contributed by atoms with van der Waals surface area (Å²) in [4.78, 5) is 17.2. The third-order valence-corrected chi connectivity index (χ3v) is 6.16. The normalized spacial score (nSPS) is 13.2. The lowest BCUT2D eigenvalue weighted by Gasteiger charge is -2.21. The van der Waals surface area contributed by atoms with E-state index in [-0.39, 0.29) is 17.6 Å². The molecule has 0 saturated carbocycles. The van der Waals surface area contributed by atoms with Crippen LogP contribution in [0.25, 0.3) is 0 Å². The molecule has 0 aromatic heterocycles. The third-order valence-electron chi connectivity index (χ3n) is 4.79. The van der Waals surface area contributed by atoms with E-state index >= 15 is 0 Å². The van der Waals surface area contributed by atoms with Crippen molar-refractivity contribution in [2.45, 2.75) is 25.7 Å². The Bertz CT molecular complexity index is 737. The molecule has 26 heavy (non-hydrogen) atoms. The molecule has 0 saturated heterocycles. The van der Waals surface area contributed by atoms with Crippen LogP contribution in [0.5, 0.6) is 0 Å². The number of anilines is 2. The number of nitrogens with zero attached hydrogens (tertiary/aromatic N) is 2. The van der Waals surface area contributed by atoms with Crippen LogP contribution < -0.4 is 9.80 Å². The minimum Gasteiger partial charge on any atom is -0.378 e. The molecule has 2 atom stereocenters. The topological polar surface area (TPSA) is 23.6 Å². The number of ketones is 1. The van der Waals surface area contributed by atoms with Crippen molar-refractivity contribution >= 4 is 49.0 Å². The lowest BCUT2D eigenvalue weighted by atomic mass is 9.85. The Morgan fingerprint density at radius 1 is 0.769 bits per heavy atom. The van der Waals surface area contributed by atoms with Crippen LogP contribution in [0.1, 0.15) is 36.8 Å². The number of rotatable bonds is 6. The predicted molar refractivity (Wildman–Crippen MR) is 119 cm³/mol. The van der Waals surface area contributed by atoms with Crippen molar-refractivity contribution in [3.63, 3.8) is 0 Å². The Morgan fingerprint density at radius 3 is 1.38 bits per heavy atom. The van der Waals surface area contributed by atoms with Gasteiger partial charge >= 0.3 is 0 Å². The molecule has 2 aromatic carbocycles. The summed E-state index contributed by atoms with van der Waals surface area (Å²) in [5.41, 5.74) is 4.26. The minimum atomic E-state index is -0.184. The summed E-state index contributed by atoms with van der Waals surface area (Å²) in [6, 6.07) is 12.3. The van der Waals surface area contributed by atoms with Gasteiger partial charge in [-0.3, -0.25) is 4.79 Å². The first-order valence-electron chi connectivity index (χ1n) is 8.60. The number of halogens is 2. The van der Waals surface area contributed by atoms with E-state index in [1.54, 1.807) is 0 Å². The first kappa shape index (κ1) is 21.0. The van der Waals surface area contributed by atoms with Gasteiger partial charge in [-0.25, -0.2) is 0 Å². The molecule has 0 bridgehead atoms. The molecule has 0 aliphatic carbocycles. The van der Waals surface area contributed by atoms with Gasteiger partial charge in [-0.2, -0.15) is 0 Å². The van der Waals surface area contributed by atoms with E-state index in [0.29, 0.717) is 0 Å². The van der Waals surface area contributed by atoms with Gasteiger partial charge in [0.1, 0.15) is 5.78 Å². The standard InChI is InChI=1S/C21H26Br2N2O/c1-13(17-9-7-15(24(3)4)11-19(17)22)21(26)14(2)18-10-8-16(25(5)6)12-20(18)23/h7-14H,1-6H3. The minimum absolute atomic E-state index is 0.184. The highest BCUT2D eigenvalue weighted by Crippen LogP contribution is 2.35. The van der Waals surface area contributed by atoms with Crippen LogP contribution in [0.15, 0.2) is 45.3 Å². The van der Waals surface area contributed by atoms with Gasteiger partial charge in [0.05, 0.1) is 0 Å². The van der Waals surface area contributed by atoms with E-state index in [1.807, 2.05) is 64.0 Å². The van der Waals surface area contributed by atoms with Crippen molar-refractivity contribution in [2.75, 3.05) is 38.0 Å². The summed E-state index contributed by atoms with van der Waals surface area (Å²) < 4.78 is 1.94. The van der Waals surface area contributed by atoms with Crippen LogP contribution in [-0.2, 0) is 4.79 Å². The van der Waals surface area contributed by atoms with Gasteiger partial charge in [0.15, 0.2) is 0 Å². The molecular formula is C21H26Br2N2O. The first-order chi connectivity index (χ1) is 12.1. The monoisotopic (exact) mass is 480 g/mol. The molecule has 2 aromatic rings. The van der Waals surface area contributed by atoms with Gasteiger partial charge in [-0.05, 0) is 35.4 Å². The highest BCUT2D eigenvalue weighted by Gasteiger charge is 2.26. The summed E-state index contributed by atoms with van der Waals surface area (Å²) in [5.74, 6) is -0.159. The van der Waals surface area contributed by atoms with E-state index in [0.717, 1.165) is 31.4 Å². The van der Waals surface area contributed by atoms with Crippen LogP contribution in [0, 0.1) is 0 Å². The van der Waals surface area contributed by atoms with Gasteiger partial charge in [-0.1, -0.05) is 57.8 Å². The molecular weight excluding hydrogens is 456 g/mol. The molecule has 0 amide bonds. The lowest BCUT2D eigenvalue weighted by molar-refractivity contribution is -0.121. The molecule has 0 N–H and O–H groups in total. The summed E-state index contributed by atoms with van der Waals surface area (Å²) in [5, 5.41) is 0. The van der Waals surface area contributed by atoms with Crippen molar-refractivity contribution in [3.8, 4) is 0 Å². The Morgan fingerprint density at radius 2 is 1.12 bits per heavy atom. The Labute approximate surface area is 173 Å². The average molecular weight is 482 g/mol. The van der Waals surface area contributed by atoms with E-state index in [9.17, 15) is 4.79 Å². The van der Waals surface area contributed by atoms with Crippen LogP contribution in [0.3, 0.4) is 0 Å². The van der Waals surface area contributed by atoms with Crippen LogP contribution in [0.2, 0.25) is 0 Å². The van der Waals surface area contributed by atoms with E-state index in [4.69, 9.17) is 0 Å². The number of hydrogen-bond donors (Lipinski definition) is 0. The zero-order valence-electron chi connectivity index (χ0n) is 16.2. The number of carbonyl (C=O) groups is 1. The number of Topliss-reactive ketones (excluding diaryl/α,β-unsaturated/α-hetero) is 1. The van der Waals surface area contributed by atoms with Gasteiger partial charge in [-0.15, -0.1) is 0 Å². The van der Waals surface area contributed by atoms with Gasteiger partial charge < -0.3 is 9.80 Å². The van der Waals surface area contributed by atoms with Crippen molar-refractivity contribution in [2.24, 2.45) is 0 Å². The molecule has 2 unspecified atom stereocenters. The maximum Gasteiger partial charge on any atom is 0.147 e. The zero-order valence-corrected chi connectivity index (χ0v) is 19.3. The van der Waals surface area contributed by atoms with Gasteiger partial charge in [0.2, 0.25) is 0 Å². The molecule has 0 spiro atoms. The highest BCUT2D eigenvalue weighted by molar-refractivity contribution is 9.10. The molecule has 3 nitrogen and oxygen atoms in total. The van der Waals surface area contributed by atoms with Gasteiger partial charge in [0.25, 0.3) is 0 Å². The molecule has 0 aliphatic heterocycles. The molecule has 0 heterocycles. The summed E-state index contributed by atoms with van der Waals surface area (Å²) in [6.45, 7) is 3.96. The molecule has 5 heteroatoms. The number of hydrogen-bond acceptors (Lipinski definition) is 3. The first-order valence-corrected chi connectivity index (χ1v) is 10.2. The highest BCUT2D eigenvalue weighted by atomic mass is 79.9. The number of benzene rings is 2. The summed E-state index contributed by atoms with van der Waals surface area (Å²) in [6.07, 6.45) is 0. The van der Waals surface area contributed by atoms with Crippen LogP contribution >= 0.6 is 31.9 Å². The quantitative estimate of drug-likeness (QED) is 0.519. The molecule has 0 radical (unpaired) electrons. The molecule has 2 rings (SSSR count). The Kier molecular flexibility index (Phi) is 6.92. The lowest BCUT2D eigenvalue weighted by Crippen LogP contribution is -2.18. The van der Waals surface area contributed by atoms with E-state index in [2.05, 4.69) is 56.1 Å². The van der Waals surface area contributed by atoms with Crippen molar-refractivity contribution in [1.82, 2.24) is 0 Å². The Balaban J connectivity index is 2.28. The largest absolute Gasteiger partial charge is 0.378 e. The Hall–Kier alpha value is -1.33. The third kappa shape index (κ3) is 4.49. The maximum absolute atomic E-state index is 13.1. The zero-order chi connectivity index (χ0) is 19.6. The van der Waals surface area contributed by atoms with Crippen molar-refractivity contribution in [3.05, 3.63) is 56.5 Å². The smallest absolute Gasteiger partial charge is 0.147 e. The second kappa shape index (κ2) is 8.57. The van der Waals surface area contributed by atoms with Crippen LogP contribution in [0.4, 0.5) is 11.4 Å². The second-order valence-corrected chi connectivity index (χ2v) is 8.75. The molecule has 0 fully saturated rings. The SMILES string of the molecule is CC(C(=O)C(C)c1ccc(N(C)C)cc1Br)c1ccc(N(C)C)cc1Br. The average Bonchev–Trinajstić information content (AvgIpc) is 2.59. The fourth-order valence-electron chi connectivity index (χ4n) is 2.97. The fourth-order valence-corrected chi connectivity index (χ4v) is 4.39. The molecule has 140 valence electrons. The predicted octanol–water partition coefficient (Wildman–Crippen LogP) is 5.82. The van der Waals surface area contributed by atoms with Crippen molar-refractivity contribution < 1.29 is 4.79 Å².